The van der Waals surface area contributed by atoms with Gasteiger partial charge >= 0.3 is 0 Å². The number of fused-ring (bicyclic) bond motifs is 1. The van der Waals surface area contributed by atoms with Crippen molar-refractivity contribution in [1.29, 1.82) is 0 Å². The minimum atomic E-state index is -1.38. The smallest absolute Gasteiger partial charge is 0.113 e. The Balaban J connectivity index is 1.55. The van der Waals surface area contributed by atoms with Crippen LogP contribution in [0, 0.1) is 0 Å². The molecule has 1 aliphatic heterocycles. The molecule has 3 aromatic rings. The molecule has 0 amide bonds. The van der Waals surface area contributed by atoms with E-state index in [1.54, 1.807) is 0 Å². The van der Waals surface area contributed by atoms with Gasteiger partial charge in [0.15, 0.2) is 0 Å². The lowest BCUT2D eigenvalue weighted by molar-refractivity contribution is -0.231. The standard InChI is InChI=1S/C30H34O5/c1-2-22-24-13-7-12-23(24)21(15-18-8-6-11-20(14-18)19-9-4-3-5-10-19)16-25(22)30-29(34)28(33)27(32)26(17-31)35-30/h3-6,8-11,14,16,26-34H,2,7,12-13,15,17H2,1H3/t26-,27?,28+,29+,30+/m1/s1. The van der Waals surface area contributed by atoms with Crippen LogP contribution >= 0.6 is 0 Å². The second kappa shape index (κ2) is 10.2. The highest BCUT2D eigenvalue weighted by Gasteiger charge is 2.45. The Morgan fingerprint density at radius 1 is 0.829 bits per heavy atom. The fourth-order valence-electron chi connectivity index (χ4n) is 5.87. The first-order valence-electron chi connectivity index (χ1n) is 12.6. The zero-order valence-corrected chi connectivity index (χ0v) is 20.1. The molecule has 1 unspecified atom stereocenters. The highest BCUT2D eigenvalue weighted by Crippen LogP contribution is 2.40. The van der Waals surface area contributed by atoms with Crippen LogP contribution in [0.3, 0.4) is 0 Å². The van der Waals surface area contributed by atoms with Crippen LogP contribution in [0.2, 0.25) is 0 Å². The lowest BCUT2D eigenvalue weighted by Crippen LogP contribution is -2.55. The van der Waals surface area contributed by atoms with Crippen LogP contribution in [-0.4, -0.2) is 51.4 Å². The number of benzene rings is 3. The summed E-state index contributed by atoms with van der Waals surface area (Å²) < 4.78 is 5.99. The molecule has 35 heavy (non-hydrogen) atoms. The van der Waals surface area contributed by atoms with Gasteiger partial charge in [0.1, 0.15) is 30.5 Å². The van der Waals surface area contributed by atoms with Crippen molar-refractivity contribution in [1.82, 2.24) is 0 Å². The average Bonchev–Trinajstić information content (AvgIpc) is 3.38. The van der Waals surface area contributed by atoms with Crippen LogP contribution in [0.4, 0.5) is 0 Å². The van der Waals surface area contributed by atoms with Gasteiger partial charge in [-0.1, -0.05) is 67.6 Å². The highest BCUT2D eigenvalue weighted by molar-refractivity contribution is 5.64. The molecule has 5 rings (SSSR count). The summed E-state index contributed by atoms with van der Waals surface area (Å²) in [7, 11) is 0. The van der Waals surface area contributed by atoms with Crippen molar-refractivity contribution in [3.63, 3.8) is 0 Å². The van der Waals surface area contributed by atoms with Gasteiger partial charge in [0.25, 0.3) is 0 Å². The van der Waals surface area contributed by atoms with Crippen LogP contribution in [0.25, 0.3) is 11.1 Å². The van der Waals surface area contributed by atoms with Gasteiger partial charge in [0.2, 0.25) is 0 Å². The fourth-order valence-corrected chi connectivity index (χ4v) is 5.87. The first-order valence-corrected chi connectivity index (χ1v) is 12.6. The van der Waals surface area contributed by atoms with E-state index < -0.39 is 37.1 Å². The number of rotatable bonds is 6. The molecule has 1 aliphatic carbocycles. The average molecular weight is 475 g/mol. The Hall–Kier alpha value is -2.54. The summed E-state index contributed by atoms with van der Waals surface area (Å²) >= 11 is 0. The SMILES string of the molecule is CCc1c([C@@H]2O[C@H](CO)C(O)[C@H](O)[C@@H]2O)cc(Cc2cccc(-c3ccccc3)c2)c2c1CCC2. The minimum absolute atomic E-state index is 0.424. The van der Waals surface area contributed by atoms with Gasteiger partial charge < -0.3 is 25.2 Å². The van der Waals surface area contributed by atoms with Crippen molar-refractivity contribution in [3.8, 4) is 11.1 Å². The van der Waals surface area contributed by atoms with E-state index in [2.05, 4.69) is 49.4 Å². The maximum absolute atomic E-state index is 10.9. The number of hydrogen-bond acceptors (Lipinski definition) is 5. The molecule has 1 heterocycles. The quantitative estimate of drug-likeness (QED) is 0.439. The van der Waals surface area contributed by atoms with Gasteiger partial charge in [-0.2, -0.15) is 0 Å². The molecular formula is C30H34O5. The lowest BCUT2D eigenvalue weighted by Gasteiger charge is -2.41. The minimum Gasteiger partial charge on any atom is -0.394 e. The molecule has 0 radical (unpaired) electrons. The van der Waals surface area contributed by atoms with Crippen LogP contribution in [0.5, 0.6) is 0 Å². The van der Waals surface area contributed by atoms with Crippen molar-refractivity contribution in [2.24, 2.45) is 0 Å². The zero-order valence-electron chi connectivity index (χ0n) is 20.1. The molecule has 0 spiro atoms. The molecule has 5 atom stereocenters. The Labute approximate surface area is 206 Å². The number of hydrogen-bond donors (Lipinski definition) is 4. The third-order valence-corrected chi connectivity index (χ3v) is 7.63. The van der Waals surface area contributed by atoms with Gasteiger partial charge in [-0.15, -0.1) is 0 Å². The topological polar surface area (TPSA) is 90.2 Å². The third-order valence-electron chi connectivity index (χ3n) is 7.63. The molecule has 5 nitrogen and oxygen atoms in total. The number of aliphatic hydroxyl groups is 4. The Morgan fingerprint density at radius 3 is 2.31 bits per heavy atom. The van der Waals surface area contributed by atoms with Gasteiger partial charge in [-0.3, -0.25) is 0 Å². The molecule has 2 aliphatic rings. The van der Waals surface area contributed by atoms with E-state index in [0.717, 1.165) is 43.2 Å². The van der Waals surface area contributed by atoms with Crippen LogP contribution in [-0.2, 0) is 30.4 Å². The number of ether oxygens (including phenoxy) is 1. The van der Waals surface area contributed by atoms with Crippen LogP contribution in [0.15, 0.2) is 60.7 Å². The maximum atomic E-state index is 10.9. The first kappa shape index (κ1) is 24.2. The highest BCUT2D eigenvalue weighted by atomic mass is 16.5. The predicted molar refractivity (Wildman–Crippen MR) is 135 cm³/mol. The summed E-state index contributed by atoms with van der Waals surface area (Å²) in [6, 6.07) is 21.1. The van der Waals surface area contributed by atoms with Crippen molar-refractivity contribution < 1.29 is 25.2 Å². The summed E-state index contributed by atoms with van der Waals surface area (Å²) in [4.78, 5) is 0. The van der Waals surface area contributed by atoms with Crippen molar-refractivity contribution in [3.05, 3.63) is 94.0 Å². The molecule has 0 bridgehead atoms. The monoisotopic (exact) mass is 474 g/mol. The molecule has 3 aromatic carbocycles. The summed E-state index contributed by atoms with van der Waals surface area (Å²) in [6.07, 6.45) is -1.06. The summed E-state index contributed by atoms with van der Waals surface area (Å²) in [5, 5.41) is 41.3. The summed E-state index contributed by atoms with van der Waals surface area (Å²) in [5.74, 6) is 0. The molecule has 4 N–H and O–H groups in total. The zero-order chi connectivity index (χ0) is 24.5. The van der Waals surface area contributed by atoms with E-state index >= 15 is 0 Å². The van der Waals surface area contributed by atoms with E-state index in [4.69, 9.17) is 4.74 Å². The first-order chi connectivity index (χ1) is 17.0. The van der Waals surface area contributed by atoms with Gasteiger partial charge in [-0.25, -0.2) is 0 Å². The van der Waals surface area contributed by atoms with E-state index in [9.17, 15) is 20.4 Å². The maximum Gasteiger partial charge on any atom is 0.113 e. The molecule has 184 valence electrons. The van der Waals surface area contributed by atoms with E-state index in [1.165, 1.54) is 33.4 Å². The normalized spacial score (nSPS) is 26.0. The predicted octanol–water partition coefficient (Wildman–Crippen LogP) is 3.51. The summed E-state index contributed by atoms with van der Waals surface area (Å²) in [6.45, 7) is 1.68. The van der Waals surface area contributed by atoms with E-state index in [-0.39, 0.29) is 0 Å². The second-order valence-electron chi connectivity index (χ2n) is 9.76. The van der Waals surface area contributed by atoms with Crippen molar-refractivity contribution >= 4 is 0 Å². The molecule has 1 fully saturated rings. The Bertz CT molecular complexity index is 1170. The molecule has 5 heteroatoms. The second-order valence-corrected chi connectivity index (χ2v) is 9.76. The van der Waals surface area contributed by atoms with Gasteiger partial charge in [0, 0.05) is 0 Å². The fraction of sp³-hybridized carbons (Fsp3) is 0.400. The molecule has 0 saturated carbocycles. The van der Waals surface area contributed by atoms with Gasteiger partial charge in [0.05, 0.1) is 6.61 Å². The largest absolute Gasteiger partial charge is 0.394 e. The Kier molecular flexibility index (Phi) is 7.05. The molecular weight excluding hydrogens is 440 g/mol. The van der Waals surface area contributed by atoms with Crippen molar-refractivity contribution in [2.75, 3.05) is 6.61 Å². The number of aliphatic hydroxyl groups excluding tert-OH is 4. The Morgan fingerprint density at radius 2 is 1.57 bits per heavy atom. The third kappa shape index (κ3) is 4.55. The van der Waals surface area contributed by atoms with Crippen molar-refractivity contribution in [2.45, 2.75) is 69.5 Å². The molecule has 1 saturated heterocycles. The lowest BCUT2D eigenvalue weighted by atomic mass is 9.83. The molecule has 0 aromatic heterocycles. The van der Waals surface area contributed by atoms with Crippen LogP contribution in [0.1, 0.15) is 52.8 Å². The van der Waals surface area contributed by atoms with Crippen LogP contribution < -0.4 is 0 Å². The van der Waals surface area contributed by atoms with E-state index in [0.29, 0.717) is 0 Å². The van der Waals surface area contributed by atoms with Gasteiger partial charge in [-0.05, 0) is 76.6 Å². The van der Waals surface area contributed by atoms with E-state index in [1.807, 2.05) is 18.2 Å². The summed E-state index contributed by atoms with van der Waals surface area (Å²) in [5.41, 5.74) is 9.53.